The van der Waals surface area contributed by atoms with Crippen LogP contribution in [-0.2, 0) is 4.79 Å². The molecule has 0 spiro atoms. The molecule has 6 nitrogen and oxygen atoms in total. The second kappa shape index (κ2) is 6.12. The van der Waals surface area contributed by atoms with Crippen LogP contribution < -0.4 is 11.5 Å². The molecule has 0 aromatic carbocycles. The summed E-state index contributed by atoms with van der Waals surface area (Å²) in [5.41, 5.74) is 10.8. The minimum atomic E-state index is -1.06. The van der Waals surface area contributed by atoms with Gasteiger partial charge in [0.25, 0.3) is 0 Å². The Morgan fingerprint density at radius 3 is 2.87 bits per heavy atom. The number of hydrazone groups is 1. The Kier molecular flexibility index (Phi) is 5.89. The van der Waals surface area contributed by atoms with E-state index in [4.69, 9.17) is 28.2 Å². The van der Waals surface area contributed by atoms with E-state index in [0.29, 0.717) is 24.7 Å². The van der Waals surface area contributed by atoms with Crippen LogP contribution in [0, 0.1) is 0 Å². The van der Waals surface area contributed by atoms with Crippen molar-refractivity contribution < 1.29 is 9.90 Å². The van der Waals surface area contributed by atoms with Crippen LogP contribution in [0.15, 0.2) is 5.10 Å². The van der Waals surface area contributed by atoms with Gasteiger partial charge >= 0.3 is 5.97 Å². The molecule has 1 heterocycles. The molecule has 8 heteroatoms. The van der Waals surface area contributed by atoms with Crippen LogP contribution in [0.5, 0.6) is 0 Å². The van der Waals surface area contributed by atoms with E-state index in [1.54, 1.807) is 5.01 Å². The molecule has 15 heavy (non-hydrogen) atoms. The van der Waals surface area contributed by atoms with E-state index in [1.165, 1.54) is 0 Å². The van der Waals surface area contributed by atoms with E-state index in [1.807, 2.05) is 0 Å². The van der Waals surface area contributed by atoms with Crippen LogP contribution >= 0.6 is 24.0 Å². The summed E-state index contributed by atoms with van der Waals surface area (Å²) in [5, 5.41) is 14.6. The van der Waals surface area contributed by atoms with E-state index in [2.05, 4.69) is 5.10 Å². The molecule has 0 amide bonds. The highest BCUT2D eigenvalue weighted by atomic mass is 35.5. The number of hydrogen-bond donors (Lipinski definition) is 3. The first kappa shape index (κ1) is 14.4. The predicted molar refractivity (Wildman–Crippen MR) is 60.3 cm³/mol. The van der Waals surface area contributed by atoms with Gasteiger partial charge in [0.1, 0.15) is 11.2 Å². The maximum atomic E-state index is 10.7. The van der Waals surface area contributed by atoms with Gasteiger partial charge in [-0.25, -0.2) is 0 Å². The molecule has 1 aliphatic rings. The number of carbonyl (C=O) groups is 1. The molecule has 2 atom stereocenters. The number of hydrogen-bond acceptors (Lipinski definition) is 5. The highest BCUT2D eigenvalue weighted by Crippen LogP contribution is 2.19. The van der Waals surface area contributed by atoms with Gasteiger partial charge in [0, 0.05) is 19.5 Å². The lowest BCUT2D eigenvalue weighted by Gasteiger charge is -2.25. The predicted octanol–water partition coefficient (Wildman–Crippen LogP) is -0.595. The largest absolute Gasteiger partial charge is 0.480 e. The first-order chi connectivity index (χ1) is 6.56. The maximum absolute atomic E-state index is 10.7. The zero-order chi connectivity index (χ0) is 10.7. The summed E-state index contributed by atoms with van der Waals surface area (Å²) < 4.78 is 0. The normalized spacial score (nSPS) is 21.9. The molecular formula is C7H14Cl2N4O2. The maximum Gasteiger partial charge on any atom is 0.322 e. The van der Waals surface area contributed by atoms with Crippen LogP contribution in [0.25, 0.3) is 0 Å². The quantitative estimate of drug-likeness (QED) is 0.624. The van der Waals surface area contributed by atoms with E-state index in [0.717, 1.165) is 0 Å². The first-order valence-electron chi connectivity index (χ1n) is 4.24. The first-order valence-corrected chi connectivity index (χ1v) is 4.62. The van der Waals surface area contributed by atoms with Crippen LogP contribution in [0.4, 0.5) is 0 Å². The summed E-state index contributed by atoms with van der Waals surface area (Å²) >= 11 is 5.71. The van der Waals surface area contributed by atoms with Crippen LogP contribution in [-0.4, -0.2) is 46.4 Å². The molecule has 88 valence electrons. The van der Waals surface area contributed by atoms with Crippen LogP contribution in [0.2, 0.25) is 0 Å². The third-order valence-corrected chi connectivity index (χ3v) is 2.29. The Morgan fingerprint density at radius 1 is 1.80 bits per heavy atom. The van der Waals surface area contributed by atoms with Gasteiger partial charge in [-0.2, -0.15) is 5.10 Å². The lowest BCUT2D eigenvalue weighted by atomic mass is 10.1. The number of rotatable bonds is 4. The van der Waals surface area contributed by atoms with E-state index in [9.17, 15) is 4.79 Å². The van der Waals surface area contributed by atoms with Crippen LogP contribution in [0.1, 0.15) is 6.42 Å². The summed E-state index contributed by atoms with van der Waals surface area (Å²) in [4.78, 5) is 10.7. The smallest absolute Gasteiger partial charge is 0.322 e. The van der Waals surface area contributed by atoms with Crippen molar-refractivity contribution in [1.29, 1.82) is 0 Å². The number of halogens is 2. The monoisotopic (exact) mass is 256 g/mol. The lowest BCUT2D eigenvalue weighted by Crippen LogP contribution is -2.49. The Hall–Kier alpha value is -0.560. The van der Waals surface area contributed by atoms with Crippen molar-refractivity contribution in [2.75, 3.05) is 13.1 Å². The zero-order valence-corrected chi connectivity index (χ0v) is 9.54. The Labute approximate surface area is 98.6 Å². The van der Waals surface area contributed by atoms with Gasteiger partial charge in [-0.15, -0.1) is 12.4 Å². The van der Waals surface area contributed by atoms with Gasteiger partial charge in [0.05, 0.1) is 6.04 Å². The summed E-state index contributed by atoms with van der Waals surface area (Å²) in [6, 6.07) is -1.37. The second-order valence-electron chi connectivity index (χ2n) is 3.06. The summed E-state index contributed by atoms with van der Waals surface area (Å²) in [5.74, 6) is -1.06. The van der Waals surface area contributed by atoms with Gasteiger partial charge in [0.2, 0.25) is 0 Å². The van der Waals surface area contributed by atoms with Crippen molar-refractivity contribution in [3.05, 3.63) is 0 Å². The minimum absolute atomic E-state index is 0. The number of nitrogens with zero attached hydrogens (tertiary/aromatic N) is 2. The van der Waals surface area contributed by atoms with Crippen molar-refractivity contribution in [3.63, 3.8) is 0 Å². The van der Waals surface area contributed by atoms with E-state index in [-0.39, 0.29) is 18.4 Å². The fourth-order valence-electron chi connectivity index (χ4n) is 1.36. The molecule has 0 saturated carbocycles. The Morgan fingerprint density at radius 2 is 2.40 bits per heavy atom. The van der Waals surface area contributed by atoms with E-state index >= 15 is 0 Å². The molecule has 0 fully saturated rings. The third-order valence-electron chi connectivity index (χ3n) is 2.06. The van der Waals surface area contributed by atoms with Gasteiger partial charge in [-0.1, -0.05) is 11.6 Å². The van der Waals surface area contributed by atoms with Crippen molar-refractivity contribution >= 4 is 35.1 Å². The van der Waals surface area contributed by atoms with Crippen molar-refractivity contribution in [2.45, 2.75) is 18.5 Å². The minimum Gasteiger partial charge on any atom is -0.480 e. The van der Waals surface area contributed by atoms with Gasteiger partial charge in [-0.3, -0.25) is 9.80 Å². The number of aliphatic carboxylic acids is 1. The molecular weight excluding hydrogens is 243 g/mol. The Bertz CT molecular complexity index is 261. The van der Waals surface area contributed by atoms with Crippen molar-refractivity contribution in [3.8, 4) is 0 Å². The SMILES string of the molecule is Cl.NCCN1N=C(Cl)C[C@H]1[C@H](N)C(=O)O. The van der Waals surface area contributed by atoms with Gasteiger partial charge in [-0.05, 0) is 0 Å². The highest BCUT2D eigenvalue weighted by molar-refractivity contribution is 6.65. The fraction of sp³-hybridized carbons (Fsp3) is 0.714. The molecule has 5 N–H and O–H groups in total. The van der Waals surface area contributed by atoms with E-state index < -0.39 is 12.0 Å². The molecule has 1 rings (SSSR count). The highest BCUT2D eigenvalue weighted by Gasteiger charge is 2.34. The summed E-state index contributed by atoms with van der Waals surface area (Å²) in [6.45, 7) is 0.846. The van der Waals surface area contributed by atoms with Crippen molar-refractivity contribution in [1.82, 2.24) is 5.01 Å². The lowest BCUT2D eigenvalue weighted by molar-refractivity contribution is -0.140. The number of carboxylic acids is 1. The van der Waals surface area contributed by atoms with Crippen molar-refractivity contribution in [2.24, 2.45) is 16.6 Å². The Balaban J connectivity index is 0.00000196. The summed E-state index contributed by atoms with van der Waals surface area (Å²) in [6.07, 6.45) is 0.370. The number of nitrogens with two attached hydrogens (primary N) is 2. The average Bonchev–Trinajstić information content (AvgIpc) is 2.46. The molecule has 0 bridgehead atoms. The molecule has 0 aromatic rings. The average molecular weight is 257 g/mol. The topological polar surface area (TPSA) is 105 Å². The zero-order valence-electron chi connectivity index (χ0n) is 7.97. The molecule has 0 unspecified atom stereocenters. The molecule has 1 aliphatic heterocycles. The molecule has 0 saturated heterocycles. The molecule has 0 radical (unpaired) electrons. The standard InChI is InChI=1S/C7H13ClN4O2.ClH/c8-5-3-4(6(10)7(13)14)12(11-5)2-1-9;/h4,6H,1-3,9-10H2,(H,13,14);1H/t4-,6-;/m0./s1. The van der Waals surface area contributed by atoms with Crippen LogP contribution in [0.3, 0.4) is 0 Å². The van der Waals surface area contributed by atoms with Gasteiger partial charge < -0.3 is 16.6 Å². The second-order valence-corrected chi connectivity index (χ2v) is 3.50. The number of carboxylic acid groups (broad SMARTS) is 1. The molecule has 0 aliphatic carbocycles. The molecule has 0 aromatic heterocycles. The third kappa shape index (κ3) is 3.49. The van der Waals surface area contributed by atoms with Gasteiger partial charge in [0.15, 0.2) is 0 Å². The summed E-state index contributed by atoms with van der Waals surface area (Å²) in [7, 11) is 0. The fourth-order valence-corrected chi connectivity index (χ4v) is 1.61.